The second-order valence-corrected chi connectivity index (χ2v) is 8.00. The van der Waals surface area contributed by atoms with Gasteiger partial charge in [-0.3, -0.25) is 9.59 Å². The fourth-order valence-electron chi connectivity index (χ4n) is 3.52. The van der Waals surface area contributed by atoms with E-state index in [4.69, 9.17) is 4.42 Å². The molecule has 2 N–H and O–H groups in total. The summed E-state index contributed by atoms with van der Waals surface area (Å²) in [4.78, 5) is 25.1. The lowest BCUT2D eigenvalue weighted by Crippen LogP contribution is -2.22. The molecule has 1 aliphatic rings. The zero-order valence-corrected chi connectivity index (χ0v) is 18.3. The van der Waals surface area contributed by atoms with Crippen molar-refractivity contribution < 1.29 is 18.4 Å². The van der Waals surface area contributed by atoms with Gasteiger partial charge in [-0.1, -0.05) is 12.1 Å². The number of carbonyl (C=O) groups is 2. The minimum atomic E-state index is -0.437. The molecule has 0 atom stereocenters. The first-order valence-corrected chi connectivity index (χ1v) is 10.5. The minimum absolute atomic E-state index is 0.222. The zero-order chi connectivity index (χ0) is 22.0. The summed E-state index contributed by atoms with van der Waals surface area (Å²) in [6, 6.07) is 12.5. The summed E-state index contributed by atoms with van der Waals surface area (Å²) in [5.41, 5.74) is 5.54. The van der Waals surface area contributed by atoms with Crippen molar-refractivity contribution in [2.24, 2.45) is 5.10 Å². The van der Waals surface area contributed by atoms with Crippen molar-refractivity contribution in [3.63, 3.8) is 0 Å². The number of amides is 2. The fraction of sp³-hybridized carbons (Fsp3) is 0.174. The van der Waals surface area contributed by atoms with Crippen LogP contribution in [0.15, 0.2) is 62.5 Å². The molecule has 6 nitrogen and oxygen atoms in total. The molecule has 0 saturated carbocycles. The Kier molecular flexibility index (Phi) is 5.99. The van der Waals surface area contributed by atoms with Gasteiger partial charge in [-0.05, 0) is 72.1 Å². The molecule has 0 bridgehead atoms. The maximum atomic E-state index is 13.1. The van der Waals surface area contributed by atoms with E-state index >= 15 is 0 Å². The number of anilines is 1. The molecule has 3 aromatic rings. The summed E-state index contributed by atoms with van der Waals surface area (Å²) in [6.07, 6.45) is 2.11. The van der Waals surface area contributed by atoms with E-state index in [2.05, 4.69) is 31.8 Å². The number of furan rings is 1. The van der Waals surface area contributed by atoms with Gasteiger partial charge < -0.3 is 9.73 Å². The van der Waals surface area contributed by atoms with Crippen LogP contribution in [0.3, 0.4) is 0 Å². The first kappa shape index (κ1) is 21.0. The molecule has 1 aromatic heterocycles. The average molecular weight is 484 g/mol. The number of nitrogens with zero attached hydrogens (tertiary/aromatic N) is 1. The van der Waals surface area contributed by atoms with Crippen molar-refractivity contribution in [2.45, 2.75) is 26.2 Å². The summed E-state index contributed by atoms with van der Waals surface area (Å²) in [5.74, 6) is -0.306. The van der Waals surface area contributed by atoms with Crippen molar-refractivity contribution in [3.05, 3.63) is 87.0 Å². The first-order valence-electron chi connectivity index (χ1n) is 9.75. The quantitative estimate of drug-likeness (QED) is 0.499. The van der Waals surface area contributed by atoms with E-state index in [1.807, 2.05) is 18.2 Å². The highest BCUT2D eigenvalue weighted by Gasteiger charge is 2.28. The van der Waals surface area contributed by atoms with Crippen molar-refractivity contribution in [1.29, 1.82) is 0 Å². The predicted octanol–water partition coefficient (Wildman–Crippen LogP) is 5.21. The molecular formula is C23H19BrFN3O3. The predicted molar refractivity (Wildman–Crippen MR) is 119 cm³/mol. The smallest absolute Gasteiger partial charge is 0.291 e. The summed E-state index contributed by atoms with van der Waals surface area (Å²) in [5, 5.41) is 7.13. The average Bonchev–Trinajstić information content (AvgIpc) is 3.11. The molecule has 0 aliphatic heterocycles. The Labute approximate surface area is 186 Å². The van der Waals surface area contributed by atoms with Crippen LogP contribution in [0.4, 0.5) is 10.1 Å². The summed E-state index contributed by atoms with van der Waals surface area (Å²) < 4.78 is 19.7. The number of hydrogen-bond acceptors (Lipinski definition) is 4. The lowest BCUT2D eigenvalue weighted by Gasteiger charge is -2.13. The SMILES string of the molecule is Cc1c(C(=O)Nc2ccccc2Br)oc2c1/C(=N/NC(=O)c1ccc(F)cc1)CCC2. The van der Waals surface area contributed by atoms with Crippen LogP contribution in [0.25, 0.3) is 0 Å². The number of aryl methyl sites for hydroxylation is 1. The summed E-state index contributed by atoms with van der Waals surface area (Å²) in [7, 11) is 0. The van der Waals surface area contributed by atoms with Crippen molar-refractivity contribution in [2.75, 3.05) is 5.32 Å². The van der Waals surface area contributed by atoms with E-state index in [1.165, 1.54) is 24.3 Å². The number of halogens is 2. The van der Waals surface area contributed by atoms with Crippen molar-refractivity contribution in [1.82, 2.24) is 5.43 Å². The molecule has 8 heteroatoms. The first-order chi connectivity index (χ1) is 14.9. The Morgan fingerprint density at radius 3 is 2.55 bits per heavy atom. The number of rotatable bonds is 4. The monoisotopic (exact) mass is 483 g/mol. The Bertz CT molecular complexity index is 1190. The third-order valence-electron chi connectivity index (χ3n) is 5.05. The second-order valence-electron chi connectivity index (χ2n) is 7.15. The van der Waals surface area contributed by atoms with Gasteiger partial charge >= 0.3 is 0 Å². The van der Waals surface area contributed by atoms with Crippen LogP contribution >= 0.6 is 15.9 Å². The van der Waals surface area contributed by atoms with E-state index in [-0.39, 0.29) is 11.7 Å². The van der Waals surface area contributed by atoms with Gasteiger partial charge in [0.05, 0.1) is 11.4 Å². The number of benzene rings is 2. The van der Waals surface area contributed by atoms with Gasteiger partial charge in [0.2, 0.25) is 0 Å². The van der Waals surface area contributed by atoms with Crippen molar-refractivity contribution in [3.8, 4) is 0 Å². The highest BCUT2D eigenvalue weighted by atomic mass is 79.9. The third-order valence-corrected chi connectivity index (χ3v) is 5.74. The second kappa shape index (κ2) is 8.85. The summed E-state index contributed by atoms with van der Waals surface area (Å²) in [6.45, 7) is 1.81. The Morgan fingerprint density at radius 1 is 1.06 bits per heavy atom. The molecule has 2 aromatic carbocycles. The molecule has 0 radical (unpaired) electrons. The van der Waals surface area contributed by atoms with Crippen LogP contribution in [-0.2, 0) is 6.42 Å². The van der Waals surface area contributed by atoms with Gasteiger partial charge in [0.25, 0.3) is 11.8 Å². The van der Waals surface area contributed by atoms with E-state index in [0.29, 0.717) is 41.1 Å². The largest absolute Gasteiger partial charge is 0.455 e. The van der Waals surface area contributed by atoms with Gasteiger partial charge in [0.15, 0.2) is 5.76 Å². The Morgan fingerprint density at radius 2 is 1.81 bits per heavy atom. The van der Waals surface area contributed by atoms with Gasteiger partial charge in [0.1, 0.15) is 11.6 Å². The Hall–Kier alpha value is -3.26. The molecular weight excluding hydrogens is 465 g/mol. The molecule has 0 spiro atoms. The molecule has 1 heterocycles. The van der Waals surface area contributed by atoms with Gasteiger partial charge in [-0.15, -0.1) is 0 Å². The van der Waals surface area contributed by atoms with E-state index in [9.17, 15) is 14.0 Å². The van der Waals surface area contributed by atoms with Crippen LogP contribution in [0.1, 0.15) is 50.6 Å². The Balaban J connectivity index is 1.57. The zero-order valence-electron chi connectivity index (χ0n) is 16.7. The van der Waals surface area contributed by atoms with Crippen LogP contribution in [0, 0.1) is 12.7 Å². The molecule has 1 aliphatic carbocycles. The number of para-hydroxylation sites is 1. The van der Waals surface area contributed by atoms with E-state index in [1.54, 1.807) is 13.0 Å². The minimum Gasteiger partial charge on any atom is -0.455 e. The van der Waals surface area contributed by atoms with E-state index < -0.39 is 11.7 Å². The standard InChI is InChI=1S/C23H19BrFN3O3/c1-13-20-18(27-28-22(29)14-9-11-15(25)12-10-14)7-4-8-19(20)31-21(13)23(30)26-17-6-3-2-5-16(17)24/h2-3,5-6,9-12H,4,7-8H2,1H3,(H,26,30)(H,28,29)/b27-18+. The molecule has 2 amide bonds. The maximum Gasteiger partial charge on any atom is 0.291 e. The highest BCUT2D eigenvalue weighted by Crippen LogP contribution is 2.31. The molecule has 31 heavy (non-hydrogen) atoms. The normalized spacial score (nSPS) is 14.2. The van der Waals surface area contributed by atoms with Crippen molar-refractivity contribution >= 4 is 39.1 Å². The van der Waals surface area contributed by atoms with E-state index in [0.717, 1.165) is 16.5 Å². The summed E-state index contributed by atoms with van der Waals surface area (Å²) >= 11 is 3.41. The highest BCUT2D eigenvalue weighted by molar-refractivity contribution is 9.10. The third kappa shape index (κ3) is 4.44. The number of hydrazone groups is 1. The van der Waals surface area contributed by atoms with Crippen LogP contribution < -0.4 is 10.7 Å². The van der Waals surface area contributed by atoms with Crippen LogP contribution in [0.2, 0.25) is 0 Å². The fourth-order valence-corrected chi connectivity index (χ4v) is 3.91. The lowest BCUT2D eigenvalue weighted by molar-refractivity contribution is 0.0953. The molecule has 0 saturated heterocycles. The molecule has 0 unspecified atom stereocenters. The topological polar surface area (TPSA) is 83.7 Å². The van der Waals surface area contributed by atoms with Gasteiger partial charge in [-0.25, -0.2) is 9.82 Å². The maximum absolute atomic E-state index is 13.1. The number of fused-ring (bicyclic) bond motifs is 1. The molecule has 0 fully saturated rings. The number of nitrogens with one attached hydrogen (secondary N) is 2. The molecule has 158 valence electrons. The lowest BCUT2D eigenvalue weighted by atomic mass is 9.93. The van der Waals surface area contributed by atoms with Gasteiger partial charge in [0, 0.05) is 27.6 Å². The van der Waals surface area contributed by atoms with Crippen LogP contribution in [-0.4, -0.2) is 17.5 Å². The number of carbonyl (C=O) groups excluding carboxylic acids is 2. The van der Waals surface area contributed by atoms with Crippen LogP contribution in [0.5, 0.6) is 0 Å². The number of hydrogen-bond donors (Lipinski definition) is 2. The van der Waals surface area contributed by atoms with Gasteiger partial charge in [-0.2, -0.15) is 5.10 Å². The molecule has 4 rings (SSSR count).